The van der Waals surface area contributed by atoms with Crippen molar-refractivity contribution < 1.29 is 14.0 Å². The first-order valence-electron chi connectivity index (χ1n) is 8.35. The molecule has 0 saturated carbocycles. The third-order valence-electron chi connectivity index (χ3n) is 3.98. The van der Waals surface area contributed by atoms with Crippen LogP contribution in [-0.4, -0.2) is 34.9 Å². The molecule has 1 aromatic carbocycles. The average Bonchev–Trinajstić information content (AvgIpc) is 3.33. The van der Waals surface area contributed by atoms with Crippen LogP contribution in [0.15, 0.2) is 53.2 Å². The second kappa shape index (κ2) is 8.44. The molecule has 0 atom stereocenters. The monoisotopic (exact) mass is 369 g/mol. The quantitative estimate of drug-likeness (QED) is 0.640. The molecule has 1 saturated heterocycles. The average molecular weight is 369 g/mol. The summed E-state index contributed by atoms with van der Waals surface area (Å²) in [5.74, 6) is 0.153. The van der Waals surface area contributed by atoms with Crippen molar-refractivity contribution in [2.75, 3.05) is 18.4 Å². The SMILES string of the molecule is O=C(/C=C/c1ccco1)NC(=S)Nc1ccccc1C(=O)N1CCCC1. The molecule has 0 radical (unpaired) electrons. The molecule has 2 N–H and O–H groups in total. The van der Waals surface area contributed by atoms with E-state index in [1.165, 1.54) is 12.3 Å². The molecule has 0 aliphatic carbocycles. The van der Waals surface area contributed by atoms with E-state index in [1.807, 2.05) is 17.0 Å². The Kier molecular flexibility index (Phi) is 5.80. The van der Waals surface area contributed by atoms with Crippen molar-refractivity contribution in [1.29, 1.82) is 0 Å². The minimum Gasteiger partial charge on any atom is -0.465 e. The van der Waals surface area contributed by atoms with Gasteiger partial charge in [-0.2, -0.15) is 0 Å². The molecule has 2 heterocycles. The van der Waals surface area contributed by atoms with Gasteiger partial charge in [0, 0.05) is 19.2 Å². The Balaban J connectivity index is 1.62. The zero-order valence-electron chi connectivity index (χ0n) is 14.1. The highest BCUT2D eigenvalue weighted by Crippen LogP contribution is 2.20. The van der Waals surface area contributed by atoms with Gasteiger partial charge in [0.1, 0.15) is 5.76 Å². The molecule has 3 rings (SSSR count). The van der Waals surface area contributed by atoms with Crippen LogP contribution < -0.4 is 10.6 Å². The van der Waals surface area contributed by atoms with Crippen LogP contribution in [0.25, 0.3) is 6.08 Å². The van der Waals surface area contributed by atoms with Crippen molar-refractivity contribution in [2.45, 2.75) is 12.8 Å². The summed E-state index contributed by atoms with van der Waals surface area (Å²) < 4.78 is 5.12. The number of furan rings is 1. The lowest BCUT2D eigenvalue weighted by molar-refractivity contribution is -0.115. The number of rotatable bonds is 4. The molecule has 0 unspecified atom stereocenters. The number of para-hydroxylation sites is 1. The van der Waals surface area contributed by atoms with E-state index in [0.29, 0.717) is 17.0 Å². The van der Waals surface area contributed by atoms with Crippen LogP contribution in [-0.2, 0) is 4.79 Å². The summed E-state index contributed by atoms with van der Waals surface area (Å²) in [5.41, 5.74) is 1.11. The molecule has 6 nitrogen and oxygen atoms in total. The van der Waals surface area contributed by atoms with Crippen molar-refractivity contribution in [2.24, 2.45) is 0 Å². The highest BCUT2D eigenvalue weighted by Gasteiger charge is 2.21. The third kappa shape index (κ3) is 4.58. The molecular formula is C19H19N3O3S. The van der Waals surface area contributed by atoms with Gasteiger partial charge in [-0.1, -0.05) is 12.1 Å². The fraction of sp³-hybridized carbons (Fsp3) is 0.211. The lowest BCUT2D eigenvalue weighted by Crippen LogP contribution is -2.34. The Hall–Kier alpha value is -2.93. The molecule has 1 aromatic heterocycles. The number of carbonyl (C=O) groups is 2. The molecule has 2 amide bonds. The van der Waals surface area contributed by atoms with Gasteiger partial charge in [-0.3, -0.25) is 14.9 Å². The number of hydrogen-bond acceptors (Lipinski definition) is 4. The van der Waals surface area contributed by atoms with Crippen LogP contribution in [0.4, 0.5) is 5.69 Å². The first-order chi connectivity index (χ1) is 12.6. The number of thiocarbonyl (C=S) groups is 1. The molecular weight excluding hydrogens is 350 g/mol. The summed E-state index contributed by atoms with van der Waals surface area (Å²) in [7, 11) is 0. The van der Waals surface area contributed by atoms with Crippen LogP contribution in [0.1, 0.15) is 29.0 Å². The lowest BCUT2D eigenvalue weighted by Gasteiger charge is -2.18. The zero-order valence-corrected chi connectivity index (χ0v) is 14.9. The second-order valence-electron chi connectivity index (χ2n) is 5.84. The van der Waals surface area contributed by atoms with Crippen molar-refractivity contribution in [1.82, 2.24) is 10.2 Å². The third-order valence-corrected chi connectivity index (χ3v) is 4.18. The number of anilines is 1. The van der Waals surface area contributed by atoms with E-state index in [2.05, 4.69) is 10.6 Å². The van der Waals surface area contributed by atoms with E-state index in [9.17, 15) is 9.59 Å². The molecule has 2 aromatic rings. The van der Waals surface area contributed by atoms with Gasteiger partial charge in [-0.25, -0.2) is 0 Å². The Morgan fingerprint density at radius 2 is 1.88 bits per heavy atom. The van der Waals surface area contributed by atoms with E-state index in [1.54, 1.807) is 30.3 Å². The van der Waals surface area contributed by atoms with Gasteiger partial charge in [0.15, 0.2) is 5.11 Å². The summed E-state index contributed by atoms with van der Waals surface area (Å²) in [5, 5.41) is 5.61. The van der Waals surface area contributed by atoms with Gasteiger partial charge < -0.3 is 14.6 Å². The van der Waals surface area contributed by atoms with Crippen LogP contribution in [0, 0.1) is 0 Å². The molecule has 1 fully saturated rings. The van der Waals surface area contributed by atoms with E-state index in [4.69, 9.17) is 16.6 Å². The zero-order chi connectivity index (χ0) is 18.4. The molecule has 0 bridgehead atoms. The number of likely N-dealkylation sites (tertiary alicyclic amines) is 1. The van der Waals surface area contributed by atoms with Crippen LogP contribution in [0.2, 0.25) is 0 Å². The number of amides is 2. The Morgan fingerprint density at radius 3 is 2.62 bits per heavy atom. The first kappa shape index (κ1) is 17.9. The number of carbonyl (C=O) groups excluding carboxylic acids is 2. The molecule has 1 aliphatic heterocycles. The van der Waals surface area contributed by atoms with Crippen molar-refractivity contribution in [3.63, 3.8) is 0 Å². The predicted molar refractivity (Wildman–Crippen MR) is 104 cm³/mol. The fourth-order valence-corrected chi connectivity index (χ4v) is 2.93. The maximum atomic E-state index is 12.6. The van der Waals surface area contributed by atoms with Gasteiger partial charge in [-0.15, -0.1) is 0 Å². The summed E-state index contributed by atoms with van der Waals surface area (Å²) in [4.78, 5) is 26.4. The first-order valence-corrected chi connectivity index (χ1v) is 8.76. The summed E-state index contributed by atoms with van der Waals surface area (Å²) in [6, 6.07) is 10.6. The standard InChI is InChI=1S/C19H19N3O3S/c23-17(10-9-14-6-5-13-25-14)21-19(26)20-16-8-2-1-7-15(16)18(24)22-11-3-4-12-22/h1-2,5-10,13H,3-4,11-12H2,(H2,20,21,23,26)/b10-9+. The molecule has 26 heavy (non-hydrogen) atoms. The normalized spacial score (nSPS) is 13.8. The van der Waals surface area contributed by atoms with Crippen molar-refractivity contribution in [3.05, 3.63) is 60.1 Å². The number of nitrogens with one attached hydrogen (secondary N) is 2. The Labute approximate surface area is 156 Å². The number of benzene rings is 1. The van der Waals surface area contributed by atoms with Gasteiger partial charge in [0.2, 0.25) is 5.91 Å². The molecule has 134 valence electrons. The van der Waals surface area contributed by atoms with Gasteiger partial charge >= 0.3 is 0 Å². The smallest absolute Gasteiger partial charge is 0.255 e. The topological polar surface area (TPSA) is 74.6 Å². The largest absolute Gasteiger partial charge is 0.465 e. The summed E-state index contributed by atoms with van der Waals surface area (Å²) in [6.45, 7) is 1.54. The van der Waals surface area contributed by atoms with E-state index >= 15 is 0 Å². The number of hydrogen-bond donors (Lipinski definition) is 2. The molecule has 1 aliphatic rings. The summed E-state index contributed by atoms with van der Waals surface area (Å²) >= 11 is 5.18. The highest BCUT2D eigenvalue weighted by molar-refractivity contribution is 7.80. The molecule has 0 spiro atoms. The maximum absolute atomic E-state index is 12.6. The predicted octanol–water partition coefficient (Wildman–Crippen LogP) is 3.04. The maximum Gasteiger partial charge on any atom is 0.255 e. The van der Waals surface area contributed by atoms with E-state index < -0.39 is 0 Å². The van der Waals surface area contributed by atoms with Gasteiger partial charge in [0.25, 0.3) is 5.91 Å². The highest BCUT2D eigenvalue weighted by atomic mass is 32.1. The minimum atomic E-state index is -0.387. The van der Waals surface area contributed by atoms with Gasteiger partial charge in [-0.05, 0) is 55.4 Å². The lowest BCUT2D eigenvalue weighted by atomic mass is 10.1. The van der Waals surface area contributed by atoms with Crippen LogP contribution in [0.5, 0.6) is 0 Å². The van der Waals surface area contributed by atoms with Crippen LogP contribution in [0.3, 0.4) is 0 Å². The Morgan fingerprint density at radius 1 is 1.12 bits per heavy atom. The second-order valence-corrected chi connectivity index (χ2v) is 6.25. The fourth-order valence-electron chi connectivity index (χ4n) is 2.72. The van der Waals surface area contributed by atoms with Crippen molar-refractivity contribution in [3.8, 4) is 0 Å². The minimum absolute atomic E-state index is 0.0301. The Bertz CT molecular complexity index is 824. The van der Waals surface area contributed by atoms with Crippen LogP contribution >= 0.6 is 12.2 Å². The summed E-state index contributed by atoms with van der Waals surface area (Å²) in [6.07, 6.45) is 6.45. The van der Waals surface area contributed by atoms with Gasteiger partial charge in [0.05, 0.1) is 17.5 Å². The van der Waals surface area contributed by atoms with E-state index in [-0.39, 0.29) is 16.9 Å². The number of nitrogens with zero attached hydrogens (tertiary/aromatic N) is 1. The molecule has 7 heteroatoms. The van der Waals surface area contributed by atoms with Crippen molar-refractivity contribution >= 4 is 40.9 Å². The van der Waals surface area contributed by atoms with E-state index in [0.717, 1.165) is 25.9 Å².